The first kappa shape index (κ1) is 19.5. The van der Waals surface area contributed by atoms with Crippen molar-refractivity contribution < 1.29 is 0 Å². The summed E-state index contributed by atoms with van der Waals surface area (Å²) in [5.41, 5.74) is 12.8. The molecule has 0 amide bonds. The molecule has 0 aliphatic rings. The molecule has 0 aromatic heterocycles. The molecule has 0 saturated carbocycles. The van der Waals surface area contributed by atoms with Crippen LogP contribution in [0.1, 0.15) is 6.92 Å². The van der Waals surface area contributed by atoms with Crippen LogP contribution in [0.3, 0.4) is 0 Å². The molecule has 2 nitrogen and oxygen atoms in total. The van der Waals surface area contributed by atoms with E-state index >= 15 is 0 Å². The third-order valence-corrected chi connectivity index (χ3v) is 6.13. The van der Waals surface area contributed by atoms with Crippen LogP contribution in [0.4, 0.5) is 11.4 Å². The van der Waals surface area contributed by atoms with Gasteiger partial charge in [0.2, 0.25) is 0 Å². The van der Waals surface area contributed by atoms with Crippen molar-refractivity contribution in [2.75, 3.05) is 17.6 Å². The highest BCUT2D eigenvalue weighted by Gasteiger charge is 2.19. The first-order valence-electron chi connectivity index (χ1n) is 10.5. The van der Waals surface area contributed by atoms with E-state index in [0.717, 1.165) is 50.9 Å². The van der Waals surface area contributed by atoms with Crippen molar-refractivity contribution in [1.29, 1.82) is 0 Å². The summed E-state index contributed by atoms with van der Waals surface area (Å²) < 4.78 is 0. The molecule has 0 spiro atoms. The summed E-state index contributed by atoms with van der Waals surface area (Å²) in [6, 6.07) is 31.2. The standard InChI is InChI=1S/C28H23ClN2/c1-2-31-25-16-15-18-9-3-5-11-20(18)26(25)27-21-12-6-4-10-19(21)17-23(28(27)30)22-13-7-8-14-24(22)29/h3-17,31H,2,30H2,1H3. The predicted octanol–water partition coefficient (Wildman–Crippen LogP) is 7.99. The number of nitrogens with two attached hydrogens (primary N) is 1. The normalized spacial score (nSPS) is 11.2. The lowest BCUT2D eigenvalue weighted by Gasteiger charge is -2.21. The van der Waals surface area contributed by atoms with Crippen LogP contribution in [0.5, 0.6) is 0 Å². The molecule has 31 heavy (non-hydrogen) atoms. The first-order chi connectivity index (χ1) is 15.2. The third kappa shape index (κ3) is 3.30. The van der Waals surface area contributed by atoms with Crippen molar-refractivity contribution in [2.45, 2.75) is 6.92 Å². The van der Waals surface area contributed by atoms with E-state index in [1.165, 1.54) is 10.8 Å². The van der Waals surface area contributed by atoms with Gasteiger partial charge in [-0.05, 0) is 46.7 Å². The van der Waals surface area contributed by atoms with Gasteiger partial charge in [-0.3, -0.25) is 0 Å². The molecule has 5 rings (SSSR count). The summed E-state index contributed by atoms with van der Waals surface area (Å²) in [6.45, 7) is 2.94. The highest BCUT2D eigenvalue weighted by molar-refractivity contribution is 6.33. The fourth-order valence-electron chi connectivity index (χ4n) is 4.41. The number of anilines is 2. The molecule has 0 fully saturated rings. The Morgan fingerprint density at radius 1 is 0.710 bits per heavy atom. The van der Waals surface area contributed by atoms with Crippen molar-refractivity contribution in [3.63, 3.8) is 0 Å². The number of hydrogen-bond acceptors (Lipinski definition) is 2. The number of nitrogen functional groups attached to an aromatic ring is 1. The van der Waals surface area contributed by atoms with Gasteiger partial charge in [-0.15, -0.1) is 0 Å². The molecule has 0 bridgehead atoms. The maximum Gasteiger partial charge on any atom is 0.0485 e. The number of halogens is 1. The maximum absolute atomic E-state index is 6.95. The van der Waals surface area contributed by atoms with Crippen LogP contribution in [0.2, 0.25) is 5.02 Å². The number of nitrogens with one attached hydrogen (secondary N) is 1. The van der Waals surface area contributed by atoms with E-state index in [-0.39, 0.29) is 0 Å². The van der Waals surface area contributed by atoms with Crippen molar-refractivity contribution in [2.24, 2.45) is 0 Å². The fraction of sp³-hybridized carbons (Fsp3) is 0.0714. The monoisotopic (exact) mass is 422 g/mol. The van der Waals surface area contributed by atoms with Crippen LogP contribution >= 0.6 is 11.6 Å². The average molecular weight is 423 g/mol. The van der Waals surface area contributed by atoms with E-state index in [0.29, 0.717) is 5.02 Å². The molecule has 0 atom stereocenters. The SMILES string of the molecule is CCNc1ccc2ccccc2c1-c1c(N)c(-c2ccccc2Cl)cc2ccccc12. The predicted molar refractivity (Wildman–Crippen MR) is 136 cm³/mol. The van der Waals surface area contributed by atoms with Crippen molar-refractivity contribution in [1.82, 2.24) is 0 Å². The van der Waals surface area contributed by atoms with Gasteiger partial charge in [-0.2, -0.15) is 0 Å². The van der Waals surface area contributed by atoms with Gasteiger partial charge in [0, 0.05) is 45.2 Å². The molecule has 5 aromatic rings. The Morgan fingerprint density at radius 2 is 1.35 bits per heavy atom. The van der Waals surface area contributed by atoms with E-state index in [1.54, 1.807) is 0 Å². The van der Waals surface area contributed by atoms with Crippen molar-refractivity contribution in [3.8, 4) is 22.3 Å². The van der Waals surface area contributed by atoms with Crippen molar-refractivity contribution in [3.05, 3.63) is 96.0 Å². The lowest BCUT2D eigenvalue weighted by Crippen LogP contribution is -2.02. The molecule has 0 radical (unpaired) electrons. The minimum absolute atomic E-state index is 0.695. The van der Waals surface area contributed by atoms with E-state index in [2.05, 4.69) is 79.0 Å². The van der Waals surface area contributed by atoms with Gasteiger partial charge in [0.05, 0.1) is 0 Å². The van der Waals surface area contributed by atoms with Gasteiger partial charge < -0.3 is 11.1 Å². The van der Waals surface area contributed by atoms with Gasteiger partial charge in [0.1, 0.15) is 0 Å². The Balaban J connectivity index is 1.96. The molecule has 5 aromatic carbocycles. The summed E-state index contributed by atoms with van der Waals surface area (Å²) in [7, 11) is 0. The van der Waals surface area contributed by atoms with Crippen LogP contribution in [-0.4, -0.2) is 6.54 Å². The zero-order chi connectivity index (χ0) is 21.4. The molecule has 0 aliphatic carbocycles. The number of benzene rings is 5. The Labute approximate surface area is 187 Å². The van der Waals surface area contributed by atoms with E-state index < -0.39 is 0 Å². The Bertz CT molecular complexity index is 1420. The molecule has 0 unspecified atom stereocenters. The Morgan fingerprint density at radius 3 is 2.10 bits per heavy atom. The number of fused-ring (bicyclic) bond motifs is 2. The zero-order valence-electron chi connectivity index (χ0n) is 17.3. The zero-order valence-corrected chi connectivity index (χ0v) is 18.1. The smallest absolute Gasteiger partial charge is 0.0485 e. The van der Waals surface area contributed by atoms with E-state index in [1.807, 2.05) is 24.3 Å². The molecule has 0 heterocycles. The second kappa shape index (κ2) is 7.98. The summed E-state index contributed by atoms with van der Waals surface area (Å²) >= 11 is 6.59. The van der Waals surface area contributed by atoms with Gasteiger partial charge in [0.15, 0.2) is 0 Å². The fourth-order valence-corrected chi connectivity index (χ4v) is 4.65. The molecular weight excluding hydrogens is 400 g/mol. The van der Waals surface area contributed by atoms with Crippen molar-refractivity contribution >= 4 is 44.5 Å². The molecule has 0 aliphatic heterocycles. The van der Waals surface area contributed by atoms with Crippen LogP contribution < -0.4 is 11.1 Å². The first-order valence-corrected chi connectivity index (χ1v) is 10.9. The lowest BCUT2D eigenvalue weighted by molar-refractivity contribution is 1.22. The van der Waals surface area contributed by atoms with Crippen LogP contribution in [0.25, 0.3) is 43.8 Å². The summed E-state index contributed by atoms with van der Waals surface area (Å²) in [5, 5.41) is 8.87. The van der Waals surface area contributed by atoms with Gasteiger partial charge in [-0.1, -0.05) is 84.4 Å². The quantitative estimate of drug-likeness (QED) is 0.288. The van der Waals surface area contributed by atoms with Crippen LogP contribution in [0, 0.1) is 0 Å². The summed E-state index contributed by atoms with van der Waals surface area (Å²) in [4.78, 5) is 0. The van der Waals surface area contributed by atoms with Crippen LogP contribution in [0.15, 0.2) is 91.0 Å². The van der Waals surface area contributed by atoms with Gasteiger partial charge in [0.25, 0.3) is 0 Å². The molecule has 3 heteroatoms. The lowest BCUT2D eigenvalue weighted by atomic mass is 9.87. The Kier molecular flexibility index (Phi) is 5.01. The molecule has 152 valence electrons. The van der Waals surface area contributed by atoms with E-state index in [9.17, 15) is 0 Å². The van der Waals surface area contributed by atoms with Crippen LogP contribution in [-0.2, 0) is 0 Å². The number of rotatable bonds is 4. The average Bonchev–Trinajstić information content (AvgIpc) is 2.80. The Hall–Kier alpha value is -3.49. The van der Waals surface area contributed by atoms with Gasteiger partial charge >= 0.3 is 0 Å². The largest absolute Gasteiger partial charge is 0.398 e. The van der Waals surface area contributed by atoms with E-state index in [4.69, 9.17) is 17.3 Å². The highest BCUT2D eigenvalue weighted by atomic mass is 35.5. The summed E-state index contributed by atoms with van der Waals surface area (Å²) in [5.74, 6) is 0. The topological polar surface area (TPSA) is 38.0 Å². The molecule has 3 N–H and O–H groups in total. The second-order valence-corrected chi connectivity index (χ2v) is 8.06. The minimum Gasteiger partial charge on any atom is -0.398 e. The second-order valence-electron chi connectivity index (χ2n) is 7.65. The highest BCUT2D eigenvalue weighted by Crippen LogP contribution is 2.47. The van der Waals surface area contributed by atoms with Gasteiger partial charge in [-0.25, -0.2) is 0 Å². The minimum atomic E-state index is 0.695. The maximum atomic E-state index is 6.95. The molecular formula is C28H23ClN2. The third-order valence-electron chi connectivity index (χ3n) is 5.80. The summed E-state index contributed by atoms with van der Waals surface area (Å²) in [6.07, 6.45) is 0. The molecule has 0 saturated heterocycles. The number of hydrogen-bond donors (Lipinski definition) is 2.